The van der Waals surface area contributed by atoms with Crippen molar-refractivity contribution >= 4 is 27.8 Å². The number of methoxy groups -OCH3 is 1. The lowest BCUT2D eigenvalue weighted by Crippen LogP contribution is -2.44. The van der Waals surface area contributed by atoms with Gasteiger partial charge in [-0.25, -0.2) is 4.79 Å². The molecule has 0 aromatic heterocycles. The molecule has 116 valence electrons. The van der Waals surface area contributed by atoms with Gasteiger partial charge in [0.05, 0.1) is 13.2 Å². The number of carboxylic acids is 1. The Morgan fingerprint density at radius 3 is 2.67 bits per heavy atom. The van der Waals surface area contributed by atoms with Gasteiger partial charge in [-0.3, -0.25) is 4.79 Å². The van der Waals surface area contributed by atoms with Crippen LogP contribution in [0.5, 0.6) is 0 Å². The van der Waals surface area contributed by atoms with Crippen LogP contribution < -0.4 is 5.32 Å². The smallest absolute Gasteiger partial charge is 0.326 e. The number of ether oxygens (including phenoxy) is 2. The molecular formula is C14H18BrNO5. The van der Waals surface area contributed by atoms with Crippen LogP contribution in [0.1, 0.15) is 5.56 Å². The van der Waals surface area contributed by atoms with E-state index < -0.39 is 17.9 Å². The lowest BCUT2D eigenvalue weighted by Gasteiger charge is -2.15. The van der Waals surface area contributed by atoms with Gasteiger partial charge < -0.3 is 19.9 Å². The number of benzene rings is 1. The molecule has 1 aromatic carbocycles. The Kier molecular flexibility index (Phi) is 7.96. The molecular weight excluding hydrogens is 342 g/mol. The molecule has 6 nitrogen and oxygen atoms in total. The molecule has 1 atom stereocenters. The molecule has 1 rings (SSSR count). The fourth-order valence-electron chi connectivity index (χ4n) is 1.63. The van der Waals surface area contributed by atoms with Gasteiger partial charge in [0.15, 0.2) is 0 Å². The first kappa shape index (κ1) is 17.6. The van der Waals surface area contributed by atoms with E-state index in [1.54, 1.807) is 6.07 Å². The molecule has 0 fully saturated rings. The fraction of sp³-hybridized carbons (Fsp3) is 0.429. The van der Waals surface area contributed by atoms with Crippen LogP contribution in [0.2, 0.25) is 0 Å². The third kappa shape index (κ3) is 6.70. The quantitative estimate of drug-likeness (QED) is 0.647. The third-order valence-electron chi connectivity index (χ3n) is 2.68. The van der Waals surface area contributed by atoms with E-state index in [0.29, 0.717) is 6.61 Å². The Morgan fingerprint density at radius 1 is 1.33 bits per heavy atom. The van der Waals surface area contributed by atoms with E-state index in [0.717, 1.165) is 10.0 Å². The van der Waals surface area contributed by atoms with Crippen LogP contribution in [0, 0.1) is 0 Å². The molecule has 0 saturated carbocycles. The van der Waals surface area contributed by atoms with E-state index in [1.807, 2.05) is 18.2 Å². The third-order valence-corrected chi connectivity index (χ3v) is 3.45. The Morgan fingerprint density at radius 2 is 2.05 bits per heavy atom. The van der Waals surface area contributed by atoms with Crippen molar-refractivity contribution in [3.63, 3.8) is 0 Å². The largest absolute Gasteiger partial charge is 0.480 e. The van der Waals surface area contributed by atoms with Gasteiger partial charge in [0.1, 0.15) is 12.6 Å². The van der Waals surface area contributed by atoms with Gasteiger partial charge in [-0.15, -0.1) is 0 Å². The van der Waals surface area contributed by atoms with Gasteiger partial charge in [-0.1, -0.05) is 34.1 Å². The van der Waals surface area contributed by atoms with Crippen molar-refractivity contribution < 1.29 is 24.2 Å². The average molecular weight is 360 g/mol. The van der Waals surface area contributed by atoms with Crippen molar-refractivity contribution in [1.29, 1.82) is 0 Å². The maximum Gasteiger partial charge on any atom is 0.326 e. The van der Waals surface area contributed by atoms with E-state index in [1.165, 1.54) is 7.11 Å². The summed E-state index contributed by atoms with van der Waals surface area (Å²) < 4.78 is 10.6. The first-order valence-corrected chi connectivity index (χ1v) is 7.16. The molecule has 0 aliphatic heterocycles. The summed E-state index contributed by atoms with van der Waals surface area (Å²) in [5, 5.41) is 11.6. The lowest BCUT2D eigenvalue weighted by molar-refractivity contribution is -0.142. The van der Waals surface area contributed by atoms with Gasteiger partial charge in [-0.05, 0) is 11.6 Å². The highest BCUT2D eigenvalue weighted by Gasteiger charge is 2.21. The maximum atomic E-state index is 11.6. The standard InChI is InChI=1S/C14H18BrNO5/c1-20-6-7-21-9-13(17)16-12(14(18)19)8-10-4-2-3-5-11(10)15/h2-5,12H,6-9H2,1H3,(H,16,17)(H,18,19)/t12-/m1/s1. The van der Waals surface area contributed by atoms with E-state index in [-0.39, 0.29) is 19.6 Å². The number of rotatable bonds is 9. The minimum atomic E-state index is -1.09. The predicted octanol–water partition coefficient (Wildman–Crippen LogP) is 1.22. The van der Waals surface area contributed by atoms with E-state index >= 15 is 0 Å². The van der Waals surface area contributed by atoms with Crippen molar-refractivity contribution in [1.82, 2.24) is 5.32 Å². The summed E-state index contributed by atoms with van der Waals surface area (Å²) in [5.74, 6) is -1.55. The number of aliphatic carboxylic acids is 1. The number of carbonyl (C=O) groups is 2. The number of hydrogen-bond acceptors (Lipinski definition) is 4. The van der Waals surface area contributed by atoms with E-state index in [2.05, 4.69) is 21.2 Å². The van der Waals surface area contributed by atoms with E-state index in [9.17, 15) is 14.7 Å². The summed E-state index contributed by atoms with van der Waals surface area (Å²) in [4.78, 5) is 22.9. The topological polar surface area (TPSA) is 84.9 Å². The first-order valence-electron chi connectivity index (χ1n) is 6.37. The SMILES string of the molecule is COCCOCC(=O)N[C@H](Cc1ccccc1Br)C(=O)O. The summed E-state index contributed by atoms with van der Waals surface area (Å²) in [6.07, 6.45) is 0.195. The van der Waals surface area contributed by atoms with Gasteiger partial charge in [0.25, 0.3) is 0 Å². The zero-order valence-electron chi connectivity index (χ0n) is 11.7. The summed E-state index contributed by atoms with van der Waals surface area (Å²) in [5.41, 5.74) is 0.811. The molecule has 7 heteroatoms. The Bertz CT molecular complexity index is 480. The highest BCUT2D eigenvalue weighted by Crippen LogP contribution is 2.17. The molecule has 0 bridgehead atoms. The molecule has 0 unspecified atom stereocenters. The second-order valence-electron chi connectivity index (χ2n) is 4.30. The van der Waals surface area contributed by atoms with Gasteiger partial charge in [0, 0.05) is 18.0 Å². The molecule has 1 aromatic rings. The van der Waals surface area contributed by atoms with Gasteiger partial charge in [-0.2, -0.15) is 0 Å². The lowest BCUT2D eigenvalue weighted by atomic mass is 10.1. The first-order chi connectivity index (χ1) is 10.0. The van der Waals surface area contributed by atoms with Crippen LogP contribution in [-0.4, -0.2) is 50.0 Å². The molecule has 0 saturated heterocycles. The van der Waals surface area contributed by atoms with Crippen LogP contribution in [0.4, 0.5) is 0 Å². The van der Waals surface area contributed by atoms with Crippen molar-refractivity contribution in [2.45, 2.75) is 12.5 Å². The molecule has 0 aliphatic carbocycles. The predicted molar refractivity (Wildman–Crippen MR) is 80.1 cm³/mol. The molecule has 0 spiro atoms. The molecule has 21 heavy (non-hydrogen) atoms. The van der Waals surface area contributed by atoms with Crippen molar-refractivity contribution in [3.05, 3.63) is 34.3 Å². The Labute approximate surface area is 131 Å². The zero-order chi connectivity index (χ0) is 15.7. The van der Waals surface area contributed by atoms with Crippen LogP contribution >= 0.6 is 15.9 Å². The molecule has 2 N–H and O–H groups in total. The van der Waals surface area contributed by atoms with Crippen molar-refractivity contribution in [2.75, 3.05) is 26.9 Å². The number of halogens is 1. The average Bonchev–Trinajstić information content (AvgIpc) is 2.45. The van der Waals surface area contributed by atoms with Crippen LogP contribution in [-0.2, 0) is 25.5 Å². The second-order valence-corrected chi connectivity index (χ2v) is 5.15. The van der Waals surface area contributed by atoms with Gasteiger partial charge in [0.2, 0.25) is 5.91 Å². The van der Waals surface area contributed by atoms with Gasteiger partial charge >= 0.3 is 5.97 Å². The summed E-state index contributed by atoms with van der Waals surface area (Å²) in [6.45, 7) is 0.474. The monoisotopic (exact) mass is 359 g/mol. The normalized spacial score (nSPS) is 11.9. The molecule has 0 heterocycles. The molecule has 1 amide bonds. The Hall–Kier alpha value is -1.44. The van der Waals surface area contributed by atoms with Crippen molar-refractivity contribution in [3.8, 4) is 0 Å². The zero-order valence-corrected chi connectivity index (χ0v) is 13.3. The summed E-state index contributed by atoms with van der Waals surface area (Å²) >= 11 is 3.36. The minimum absolute atomic E-state index is 0.191. The minimum Gasteiger partial charge on any atom is -0.480 e. The molecule has 0 radical (unpaired) electrons. The highest BCUT2D eigenvalue weighted by molar-refractivity contribution is 9.10. The summed E-state index contributed by atoms with van der Waals surface area (Å²) in [7, 11) is 1.53. The molecule has 0 aliphatic rings. The van der Waals surface area contributed by atoms with Crippen LogP contribution in [0.25, 0.3) is 0 Å². The highest BCUT2D eigenvalue weighted by atomic mass is 79.9. The second kappa shape index (κ2) is 9.49. The van der Waals surface area contributed by atoms with E-state index in [4.69, 9.17) is 9.47 Å². The van der Waals surface area contributed by atoms with Crippen LogP contribution in [0.15, 0.2) is 28.7 Å². The Balaban J connectivity index is 2.52. The number of nitrogens with one attached hydrogen (secondary N) is 1. The maximum absolute atomic E-state index is 11.6. The number of carboxylic acid groups (broad SMARTS) is 1. The number of carbonyl (C=O) groups excluding carboxylic acids is 1. The van der Waals surface area contributed by atoms with Crippen molar-refractivity contribution in [2.24, 2.45) is 0 Å². The van der Waals surface area contributed by atoms with Crippen LogP contribution in [0.3, 0.4) is 0 Å². The number of amides is 1. The fourth-order valence-corrected chi connectivity index (χ4v) is 2.07. The number of hydrogen-bond donors (Lipinski definition) is 2. The summed E-state index contributed by atoms with van der Waals surface area (Å²) in [6, 6.07) is 6.29.